The van der Waals surface area contributed by atoms with Crippen LogP contribution in [0.2, 0.25) is 0 Å². The monoisotopic (exact) mass is 598 g/mol. The van der Waals surface area contributed by atoms with Gasteiger partial charge in [-0.25, -0.2) is 9.97 Å². The van der Waals surface area contributed by atoms with Crippen LogP contribution in [0, 0.1) is 4.77 Å². The molecule has 0 spiro atoms. The van der Waals surface area contributed by atoms with E-state index >= 15 is 0 Å². The number of pyridine rings is 1. The Labute approximate surface area is 254 Å². The number of methoxy groups -OCH3 is 2. The van der Waals surface area contributed by atoms with Crippen LogP contribution in [0.1, 0.15) is 10.5 Å². The fraction of sp³-hybridized carbons (Fsp3) is 0.290. The number of aromatic amines is 1. The summed E-state index contributed by atoms with van der Waals surface area (Å²) in [6.45, 7) is 4.70. The van der Waals surface area contributed by atoms with Gasteiger partial charge >= 0.3 is 0 Å². The quantitative estimate of drug-likeness (QED) is 0.226. The van der Waals surface area contributed by atoms with Crippen LogP contribution in [0.15, 0.2) is 54.7 Å². The molecule has 0 atom stereocenters. The molecule has 3 aromatic heterocycles. The standard InChI is InChI=1S/C31H34N8O3S/c1-37-10-12-38(13-11-37)28-7-5-20(18-34-28)19-4-6-23-21(14-19)15-25(35-23)30(40)33-8-9-39-29(32)22-16-26(41-2)27(42-3)17-24(22)36-31(39)43/h4-7,14-18,35H,8-13,32H2,1-3H3,(H,33,40). The molecule has 222 valence electrons. The molecule has 1 aliphatic rings. The third-order valence-corrected chi connectivity index (χ3v) is 8.22. The fourth-order valence-electron chi connectivity index (χ4n) is 5.38. The molecular weight excluding hydrogens is 564 g/mol. The Morgan fingerprint density at radius 3 is 2.49 bits per heavy atom. The number of hydrogen-bond donors (Lipinski definition) is 3. The number of fused-ring (bicyclic) bond motifs is 2. The van der Waals surface area contributed by atoms with Gasteiger partial charge in [-0.1, -0.05) is 6.07 Å². The molecule has 12 heteroatoms. The molecule has 0 radical (unpaired) electrons. The van der Waals surface area contributed by atoms with E-state index in [9.17, 15) is 4.79 Å². The van der Waals surface area contributed by atoms with Crippen molar-refractivity contribution in [1.82, 2.24) is 29.7 Å². The molecule has 6 rings (SSSR count). The third-order valence-electron chi connectivity index (χ3n) is 7.91. The van der Waals surface area contributed by atoms with E-state index in [1.54, 1.807) is 30.9 Å². The van der Waals surface area contributed by atoms with Crippen LogP contribution in [0.25, 0.3) is 32.9 Å². The smallest absolute Gasteiger partial charge is 0.267 e. The van der Waals surface area contributed by atoms with E-state index in [1.165, 1.54) is 0 Å². The number of ether oxygens (including phenoxy) is 2. The van der Waals surface area contributed by atoms with Crippen molar-refractivity contribution in [2.45, 2.75) is 6.54 Å². The number of anilines is 2. The van der Waals surface area contributed by atoms with Crippen molar-refractivity contribution >= 4 is 51.6 Å². The number of carbonyl (C=O) groups is 1. The Morgan fingerprint density at radius 2 is 1.77 bits per heavy atom. The Kier molecular flexibility index (Phi) is 7.87. The van der Waals surface area contributed by atoms with E-state index in [-0.39, 0.29) is 5.91 Å². The maximum absolute atomic E-state index is 13.0. The highest BCUT2D eigenvalue weighted by Gasteiger charge is 2.16. The zero-order valence-electron chi connectivity index (χ0n) is 24.4. The maximum Gasteiger partial charge on any atom is 0.267 e. The Balaban J connectivity index is 1.13. The van der Waals surface area contributed by atoms with E-state index in [4.69, 9.17) is 32.4 Å². The second-order valence-corrected chi connectivity index (χ2v) is 11.0. The van der Waals surface area contributed by atoms with Gasteiger partial charge in [0.15, 0.2) is 11.5 Å². The first kappa shape index (κ1) is 28.4. The van der Waals surface area contributed by atoms with Gasteiger partial charge in [-0.15, -0.1) is 0 Å². The average Bonchev–Trinajstić information content (AvgIpc) is 3.46. The van der Waals surface area contributed by atoms with Gasteiger partial charge in [0.1, 0.15) is 17.3 Å². The van der Waals surface area contributed by atoms with E-state index < -0.39 is 0 Å². The summed E-state index contributed by atoms with van der Waals surface area (Å²) < 4.78 is 12.8. The number of nitrogens with zero attached hydrogens (tertiary/aromatic N) is 5. The number of piperazine rings is 1. The summed E-state index contributed by atoms with van der Waals surface area (Å²) >= 11 is 5.49. The van der Waals surface area contributed by atoms with Gasteiger partial charge in [-0.3, -0.25) is 4.79 Å². The second-order valence-electron chi connectivity index (χ2n) is 10.6. The molecule has 1 fully saturated rings. The molecule has 4 N–H and O–H groups in total. The lowest BCUT2D eigenvalue weighted by molar-refractivity contribution is 0.0948. The number of nitrogen functional groups attached to an aromatic ring is 1. The molecule has 0 unspecified atom stereocenters. The summed E-state index contributed by atoms with van der Waals surface area (Å²) in [7, 11) is 5.27. The topological polar surface area (TPSA) is 127 Å². The number of nitrogens with one attached hydrogen (secondary N) is 2. The van der Waals surface area contributed by atoms with Crippen LogP contribution in [0.5, 0.6) is 11.5 Å². The number of rotatable bonds is 8. The van der Waals surface area contributed by atoms with Gasteiger partial charge in [-0.2, -0.15) is 0 Å². The van der Waals surface area contributed by atoms with Gasteiger partial charge in [-0.05, 0) is 61.2 Å². The van der Waals surface area contributed by atoms with Gasteiger partial charge in [0.05, 0.1) is 19.7 Å². The normalized spacial score (nSPS) is 13.9. The molecule has 1 saturated heterocycles. The molecule has 11 nitrogen and oxygen atoms in total. The van der Waals surface area contributed by atoms with Gasteiger partial charge in [0, 0.05) is 73.4 Å². The minimum Gasteiger partial charge on any atom is -0.493 e. The van der Waals surface area contributed by atoms with E-state index in [2.05, 4.69) is 50.3 Å². The van der Waals surface area contributed by atoms with Crippen molar-refractivity contribution in [1.29, 1.82) is 0 Å². The van der Waals surface area contributed by atoms with E-state index in [1.807, 2.05) is 24.4 Å². The molecular formula is C31H34N8O3S. The number of aromatic nitrogens is 4. The minimum absolute atomic E-state index is 0.221. The molecule has 1 amide bonds. The van der Waals surface area contributed by atoms with Crippen molar-refractivity contribution in [3.63, 3.8) is 0 Å². The van der Waals surface area contributed by atoms with Crippen LogP contribution in [-0.4, -0.2) is 84.3 Å². The summed E-state index contributed by atoms with van der Waals surface area (Å²) in [5.41, 5.74) is 10.5. The SMILES string of the molecule is COc1cc2nc(=S)n(CCNC(=O)c3cc4cc(-c5ccc(N6CCN(C)CC6)nc5)ccc4[nH]3)c(N)c2cc1OC. The summed E-state index contributed by atoms with van der Waals surface area (Å²) in [6.07, 6.45) is 1.92. The first-order valence-corrected chi connectivity index (χ1v) is 14.5. The predicted octanol–water partition coefficient (Wildman–Crippen LogP) is 4.09. The Hall–Kier alpha value is -4.68. The Bertz CT molecular complexity index is 1860. The molecule has 0 aliphatic carbocycles. The molecule has 0 saturated carbocycles. The number of benzene rings is 2. The lowest BCUT2D eigenvalue weighted by Crippen LogP contribution is -2.44. The van der Waals surface area contributed by atoms with Crippen molar-refractivity contribution < 1.29 is 14.3 Å². The zero-order valence-corrected chi connectivity index (χ0v) is 25.2. The highest BCUT2D eigenvalue weighted by Crippen LogP contribution is 2.33. The zero-order chi connectivity index (χ0) is 30.1. The lowest BCUT2D eigenvalue weighted by Gasteiger charge is -2.33. The van der Waals surface area contributed by atoms with Crippen LogP contribution in [0.4, 0.5) is 11.6 Å². The molecule has 5 aromatic rings. The number of amides is 1. The highest BCUT2D eigenvalue weighted by molar-refractivity contribution is 7.71. The second kappa shape index (κ2) is 11.9. The molecule has 0 bridgehead atoms. The summed E-state index contributed by atoms with van der Waals surface area (Å²) in [4.78, 5) is 30.1. The first-order valence-electron chi connectivity index (χ1n) is 14.1. The largest absolute Gasteiger partial charge is 0.493 e. The number of nitrogens with two attached hydrogens (primary N) is 1. The predicted molar refractivity (Wildman–Crippen MR) is 172 cm³/mol. The van der Waals surface area contributed by atoms with Crippen molar-refractivity contribution in [3.8, 4) is 22.6 Å². The summed E-state index contributed by atoms with van der Waals surface area (Å²) in [5, 5.41) is 4.59. The van der Waals surface area contributed by atoms with Crippen LogP contribution >= 0.6 is 12.2 Å². The van der Waals surface area contributed by atoms with E-state index in [0.29, 0.717) is 51.8 Å². The number of H-pyrrole nitrogens is 1. The van der Waals surface area contributed by atoms with Crippen molar-refractivity contribution in [2.75, 3.05) is 64.6 Å². The third kappa shape index (κ3) is 5.71. The van der Waals surface area contributed by atoms with Gasteiger partial charge < -0.3 is 39.9 Å². The molecule has 1 aliphatic heterocycles. The molecule has 2 aromatic carbocycles. The van der Waals surface area contributed by atoms with Gasteiger partial charge in [0.25, 0.3) is 5.91 Å². The van der Waals surface area contributed by atoms with Crippen LogP contribution in [-0.2, 0) is 6.54 Å². The molecule has 4 heterocycles. The van der Waals surface area contributed by atoms with Gasteiger partial charge in [0.2, 0.25) is 4.77 Å². The fourth-order valence-corrected chi connectivity index (χ4v) is 5.67. The first-order chi connectivity index (χ1) is 20.8. The summed E-state index contributed by atoms with van der Waals surface area (Å²) in [6, 6.07) is 15.7. The van der Waals surface area contributed by atoms with Crippen LogP contribution in [0.3, 0.4) is 0 Å². The number of carbonyl (C=O) groups excluding carboxylic acids is 1. The maximum atomic E-state index is 13.0. The van der Waals surface area contributed by atoms with Crippen molar-refractivity contribution in [3.05, 3.63) is 65.2 Å². The average molecular weight is 599 g/mol. The van der Waals surface area contributed by atoms with E-state index in [0.717, 1.165) is 54.0 Å². The summed E-state index contributed by atoms with van der Waals surface area (Å²) in [5.74, 6) is 2.31. The lowest BCUT2D eigenvalue weighted by atomic mass is 10.1. The number of hydrogen-bond acceptors (Lipinski definition) is 9. The Morgan fingerprint density at radius 1 is 1.02 bits per heavy atom. The van der Waals surface area contributed by atoms with Crippen LogP contribution < -0.4 is 25.4 Å². The minimum atomic E-state index is -0.221. The van der Waals surface area contributed by atoms with Crippen molar-refractivity contribution in [2.24, 2.45) is 0 Å². The number of likely N-dealkylation sites (N-methyl/N-ethyl adjacent to an activating group) is 1. The highest BCUT2D eigenvalue weighted by atomic mass is 32.1. The molecule has 43 heavy (non-hydrogen) atoms.